The average molecular weight is 537 g/mol. The second kappa shape index (κ2) is 11.1. The van der Waals surface area contributed by atoms with Gasteiger partial charge in [0.2, 0.25) is 5.88 Å². The van der Waals surface area contributed by atoms with Crippen molar-refractivity contribution in [2.45, 2.75) is 25.0 Å². The minimum atomic E-state index is -0.337. The largest absolute Gasteiger partial charge is 0.439 e. The number of pyridine rings is 1. The number of ketones is 1. The van der Waals surface area contributed by atoms with Gasteiger partial charge in [-0.15, -0.1) is 0 Å². The van der Waals surface area contributed by atoms with E-state index in [9.17, 15) is 14.7 Å². The molecule has 1 aliphatic heterocycles. The van der Waals surface area contributed by atoms with E-state index in [1.807, 2.05) is 0 Å². The molecule has 1 saturated heterocycles. The molecule has 4 aromatic rings. The molecule has 12 heteroatoms. The lowest BCUT2D eigenvalue weighted by atomic mass is 10.0. The summed E-state index contributed by atoms with van der Waals surface area (Å²) in [6.07, 6.45) is 4.35. The number of aliphatic hydroxyl groups excluding tert-OH is 1. The Morgan fingerprint density at radius 2 is 2.08 bits per heavy atom. The van der Waals surface area contributed by atoms with E-state index < -0.39 is 0 Å². The van der Waals surface area contributed by atoms with Gasteiger partial charge in [-0.3, -0.25) is 9.59 Å². The average Bonchev–Trinajstić information content (AvgIpc) is 3.38. The van der Waals surface area contributed by atoms with E-state index in [-0.39, 0.29) is 52.6 Å². The maximum atomic E-state index is 13.6. The lowest BCUT2D eigenvalue weighted by molar-refractivity contribution is -0.0224. The highest BCUT2D eigenvalue weighted by atomic mass is 35.5. The van der Waals surface area contributed by atoms with Crippen molar-refractivity contribution >= 4 is 40.1 Å². The first-order chi connectivity index (χ1) is 18.5. The van der Waals surface area contributed by atoms with E-state index in [1.165, 1.54) is 19.4 Å². The summed E-state index contributed by atoms with van der Waals surface area (Å²) in [5.41, 5.74) is 1.35. The minimum Gasteiger partial charge on any atom is -0.439 e. The summed E-state index contributed by atoms with van der Waals surface area (Å²) in [6.45, 7) is 0.406. The molecule has 0 saturated carbocycles. The van der Waals surface area contributed by atoms with E-state index in [1.54, 1.807) is 36.5 Å². The van der Waals surface area contributed by atoms with E-state index in [0.29, 0.717) is 34.8 Å². The highest BCUT2D eigenvalue weighted by Crippen LogP contribution is 2.31. The van der Waals surface area contributed by atoms with Crippen LogP contribution in [0.1, 0.15) is 39.3 Å². The third-order valence-corrected chi connectivity index (χ3v) is 6.53. The van der Waals surface area contributed by atoms with Gasteiger partial charge in [-0.2, -0.15) is 0 Å². The van der Waals surface area contributed by atoms with Gasteiger partial charge in [-0.1, -0.05) is 17.7 Å². The van der Waals surface area contributed by atoms with Crippen molar-refractivity contribution in [3.05, 3.63) is 70.8 Å². The number of benzene rings is 1. The summed E-state index contributed by atoms with van der Waals surface area (Å²) >= 11 is 6.51. The van der Waals surface area contributed by atoms with Gasteiger partial charge in [0.25, 0.3) is 5.91 Å². The predicted octanol–water partition coefficient (Wildman–Crippen LogP) is 3.34. The second-order valence-electron chi connectivity index (χ2n) is 8.72. The lowest BCUT2D eigenvalue weighted by Gasteiger charge is -2.29. The predicted molar refractivity (Wildman–Crippen MR) is 140 cm³/mol. The van der Waals surface area contributed by atoms with Crippen molar-refractivity contribution in [2.75, 3.05) is 25.6 Å². The van der Waals surface area contributed by atoms with Gasteiger partial charge >= 0.3 is 0 Å². The van der Waals surface area contributed by atoms with Crippen molar-refractivity contribution < 1.29 is 24.2 Å². The minimum absolute atomic E-state index is 0.00949. The number of amides is 1. The summed E-state index contributed by atoms with van der Waals surface area (Å²) in [7, 11) is 1.52. The Morgan fingerprint density at radius 1 is 1.21 bits per heavy atom. The number of halogens is 1. The van der Waals surface area contributed by atoms with Gasteiger partial charge in [0.1, 0.15) is 29.2 Å². The Hall–Kier alpha value is -4.06. The summed E-state index contributed by atoms with van der Waals surface area (Å²) in [6, 6.07) is 9.51. The first-order valence-corrected chi connectivity index (χ1v) is 12.4. The van der Waals surface area contributed by atoms with Crippen LogP contribution >= 0.6 is 11.6 Å². The fourth-order valence-electron chi connectivity index (χ4n) is 4.24. The smallest absolute Gasteiger partial charge is 0.269 e. The van der Waals surface area contributed by atoms with Crippen LogP contribution in [0.4, 0.5) is 5.82 Å². The summed E-state index contributed by atoms with van der Waals surface area (Å²) in [4.78, 5) is 41.2. The molecular weight excluding hydrogens is 512 g/mol. The van der Waals surface area contributed by atoms with Crippen molar-refractivity contribution in [3.63, 3.8) is 0 Å². The molecule has 2 atom stereocenters. The third-order valence-electron chi connectivity index (χ3n) is 6.22. The topological polar surface area (TPSA) is 151 Å². The molecule has 4 N–H and O–H groups in total. The number of aromatic amines is 1. The number of rotatable bonds is 8. The number of ether oxygens (including phenoxy) is 2. The molecular formula is C26H25ClN6O5. The quantitative estimate of drug-likeness (QED) is 0.248. The lowest BCUT2D eigenvalue weighted by Crippen LogP contribution is -2.36. The Balaban J connectivity index is 1.37. The van der Waals surface area contributed by atoms with E-state index in [2.05, 4.69) is 30.6 Å². The Kier molecular flexibility index (Phi) is 7.50. The maximum Gasteiger partial charge on any atom is 0.269 e. The van der Waals surface area contributed by atoms with Crippen molar-refractivity contribution in [1.82, 2.24) is 25.3 Å². The Bertz CT molecular complexity index is 1480. The molecule has 38 heavy (non-hydrogen) atoms. The molecule has 0 bridgehead atoms. The summed E-state index contributed by atoms with van der Waals surface area (Å²) in [5, 5.41) is 15.9. The number of nitrogens with one attached hydrogen (secondary N) is 3. The number of aliphatic hydroxyl groups is 1. The number of carbonyl (C=O) groups excluding carboxylic acids is 2. The molecule has 0 spiro atoms. The first kappa shape index (κ1) is 25.6. The van der Waals surface area contributed by atoms with Gasteiger partial charge in [0.15, 0.2) is 5.78 Å². The molecule has 1 fully saturated rings. The van der Waals surface area contributed by atoms with Crippen LogP contribution in [0.3, 0.4) is 0 Å². The fraction of sp³-hybridized carbons (Fsp3) is 0.269. The van der Waals surface area contributed by atoms with Gasteiger partial charge in [0.05, 0.1) is 41.3 Å². The highest BCUT2D eigenvalue weighted by molar-refractivity contribution is 6.35. The SMILES string of the molecule is CNC(=O)c1cccc(Oc2ccc(C(=O)c3c[nH]c4ncnc(N[C@@H]5CC[C@@H](CO)OC5)c34)c(Cl)c2)n1. The molecule has 3 aromatic heterocycles. The van der Waals surface area contributed by atoms with E-state index in [0.717, 1.165) is 12.8 Å². The monoisotopic (exact) mass is 536 g/mol. The third kappa shape index (κ3) is 5.30. The van der Waals surface area contributed by atoms with Crippen LogP contribution in [0.25, 0.3) is 11.0 Å². The van der Waals surface area contributed by atoms with Gasteiger partial charge in [-0.05, 0) is 31.0 Å². The molecule has 5 rings (SSSR count). The Morgan fingerprint density at radius 3 is 2.82 bits per heavy atom. The molecule has 4 heterocycles. The van der Waals surface area contributed by atoms with Gasteiger partial charge < -0.3 is 30.2 Å². The van der Waals surface area contributed by atoms with Crippen molar-refractivity contribution in [1.29, 1.82) is 0 Å². The van der Waals surface area contributed by atoms with Crippen LogP contribution in [0, 0.1) is 0 Å². The fourth-order valence-corrected chi connectivity index (χ4v) is 4.50. The number of hydrogen-bond acceptors (Lipinski definition) is 9. The van der Waals surface area contributed by atoms with Crippen LogP contribution < -0.4 is 15.4 Å². The van der Waals surface area contributed by atoms with E-state index in [4.69, 9.17) is 21.1 Å². The molecule has 11 nitrogen and oxygen atoms in total. The number of carbonyl (C=O) groups is 2. The number of fused-ring (bicyclic) bond motifs is 1. The number of aromatic nitrogens is 4. The summed E-state index contributed by atoms with van der Waals surface area (Å²) in [5.74, 6) is 0.426. The number of hydrogen-bond donors (Lipinski definition) is 4. The van der Waals surface area contributed by atoms with Gasteiger partial charge in [-0.25, -0.2) is 15.0 Å². The standard InChI is InChI=1S/C26H25ClN6O5/c1-28-26(36)20-3-2-4-21(33-20)38-15-7-8-17(19(27)9-15)23(35)18-10-29-24-22(18)25(31-13-30-24)32-14-5-6-16(11-34)37-12-14/h2-4,7-10,13-14,16,34H,5-6,11-12H2,1H3,(H,28,36)(H2,29,30,31,32)/t14-,16+/m1/s1. The van der Waals surface area contributed by atoms with Crippen molar-refractivity contribution in [2.24, 2.45) is 0 Å². The van der Waals surface area contributed by atoms with Gasteiger partial charge in [0, 0.05) is 30.9 Å². The van der Waals surface area contributed by atoms with Crippen LogP contribution in [0.5, 0.6) is 11.6 Å². The highest BCUT2D eigenvalue weighted by Gasteiger charge is 2.25. The molecule has 0 unspecified atom stereocenters. The summed E-state index contributed by atoms with van der Waals surface area (Å²) < 4.78 is 11.4. The van der Waals surface area contributed by atoms with Crippen LogP contribution in [0.15, 0.2) is 48.9 Å². The van der Waals surface area contributed by atoms with Crippen LogP contribution in [-0.4, -0.2) is 69.1 Å². The molecule has 0 aliphatic carbocycles. The number of anilines is 1. The number of H-pyrrole nitrogens is 1. The Labute approximate surface area is 222 Å². The van der Waals surface area contributed by atoms with E-state index >= 15 is 0 Å². The normalized spacial score (nSPS) is 17.2. The molecule has 1 aromatic carbocycles. The molecule has 1 amide bonds. The zero-order chi connectivity index (χ0) is 26.6. The van der Waals surface area contributed by atoms with Crippen LogP contribution in [-0.2, 0) is 4.74 Å². The molecule has 0 radical (unpaired) electrons. The zero-order valence-electron chi connectivity index (χ0n) is 20.4. The zero-order valence-corrected chi connectivity index (χ0v) is 21.2. The molecule has 1 aliphatic rings. The first-order valence-electron chi connectivity index (χ1n) is 12.0. The van der Waals surface area contributed by atoms with Crippen LogP contribution in [0.2, 0.25) is 5.02 Å². The molecule has 196 valence electrons. The maximum absolute atomic E-state index is 13.6. The van der Waals surface area contributed by atoms with Crippen molar-refractivity contribution in [3.8, 4) is 11.6 Å². The second-order valence-corrected chi connectivity index (χ2v) is 9.12. The number of nitrogens with zero attached hydrogens (tertiary/aromatic N) is 3.